The third-order valence-corrected chi connectivity index (χ3v) is 12.5. The monoisotopic (exact) mass is 726 g/mol. The Bertz CT molecular complexity index is 1760. The molecule has 0 spiro atoms. The van der Waals surface area contributed by atoms with Gasteiger partial charge in [0.05, 0.1) is 0 Å². The third kappa shape index (κ3) is 11.4. The van der Waals surface area contributed by atoms with Crippen molar-refractivity contribution in [1.29, 1.82) is 0 Å². The zero-order valence-electron chi connectivity index (χ0n) is 34.9. The normalized spacial score (nSPS) is 22.3. The molecule has 0 fully saturated rings. The van der Waals surface area contributed by atoms with Crippen LogP contribution in [-0.2, 0) is 6.42 Å². The van der Waals surface area contributed by atoms with Crippen LogP contribution in [0.5, 0.6) is 11.5 Å². The molecule has 2 N–H and O–H groups in total. The van der Waals surface area contributed by atoms with Gasteiger partial charge in [-0.25, -0.2) is 0 Å². The summed E-state index contributed by atoms with van der Waals surface area (Å²) in [6, 6.07) is 22.6. The van der Waals surface area contributed by atoms with Crippen molar-refractivity contribution in [2.45, 2.75) is 144 Å². The largest absolute Gasteiger partial charge is 0.457 e. The zero-order chi connectivity index (χ0) is 38.5. The number of ether oxygens (including phenoxy) is 1. The smallest absolute Gasteiger partial charge is 0.128 e. The van der Waals surface area contributed by atoms with Gasteiger partial charge in [-0.05, 0) is 118 Å². The van der Waals surface area contributed by atoms with E-state index >= 15 is 0 Å². The van der Waals surface area contributed by atoms with Crippen molar-refractivity contribution in [1.82, 2.24) is 0 Å². The van der Waals surface area contributed by atoms with Crippen LogP contribution in [0.25, 0.3) is 22.4 Å². The van der Waals surface area contributed by atoms with Gasteiger partial charge >= 0.3 is 0 Å². The summed E-state index contributed by atoms with van der Waals surface area (Å²) in [5.74, 6) is 4.02. The Balaban J connectivity index is 1.44. The highest BCUT2D eigenvalue weighted by Gasteiger charge is 2.27. The maximum Gasteiger partial charge on any atom is 0.128 e. The fourth-order valence-corrected chi connectivity index (χ4v) is 8.78. The molecule has 2 heteroatoms. The molecule has 0 saturated carbocycles. The second-order valence-corrected chi connectivity index (χ2v) is 17.1. The Morgan fingerprint density at radius 2 is 1.48 bits per heavy atom. The lowest BCUT2D eigenvalue weighted by molar-refractivity contribution is 0.275. The van der Waals surface area contributed by atoms with Crippen molar-refractivity contribution in [3.63, 3.8) is 0 Å². The van der Waals surface area contributed by atoms with E-state index in [-0.39, 0.29) is 5.41 Å². The van der Waals surface area contributed by atoms with Gasteiger partial charge in [0.1, 0.15) is 11.5 Å². The molecule has 5 rings (SSSR count). The zero-order valence-corrected chi connectivity index (χ0v) is 34.9. The van der Waals surface area contributed by atoms with Gasteiger partial charge in [-0.1, -0.05) is 180 Å². The van der Waals surface area contributed by atoms with E-state index in [1.165, 1.54) is 110 Å². The molecular formula is C52H71NO. The van der Waals surface area contributed by atoms with Crippen molar-refractivity contribution in [3.8, 4) is 22.6 Å². The Morgan fingerprint density at radius 1 is 0.759 bits per heavy atom. The maximum absolute atomic E-state index is 6.77. The van der Waals surface area contributed by atoms with Gasteiger partial charge < -0.3 is 10.5 Å². The molecule has 54 heavy (non-hydrogen) atoms. The van der Waals surface area contributed by atoms with E-state index in [4.69, 9.17) is 10.5 Å². The summed E-state index contributed by atoms with van der Waals surface area (Å²) in [5, 5.41) is 0. The molecule has 0 bridgehead atoms. The summed E-state index contributed by atoms with van der Waals surface area (Å²) in [7, 11) is 0. The SMILES string of the molecule is CCCCCC(CC)Cc1ccc(-c2cc(Oc3ccc4c(c3)/C(N)=C/C=C\C(C)C4C)cc(C3=CCC(C)(CC(CCC)CCCCC)C=C3)c2)cc1. The van der Waals surface area contributed by atoms with E-state index < -0.39 is 0 Å². The Morgan fingerprint density at radius 3 is 2.15 bits per heavy atom. The Kier molecular flexibility index (Phi) is 15.5. The van der Waals surface area contributed by atoms with Crippen molar-refractivity contribution >= 4 is 11.3 Å². The molecule has 5 unspecified atom stereocenters. The van der Waals surface area contributed by atoms with E-state index in [9.17, 15) is 0 Å². The molecule has 0 amide bonds. The van der Waals surface area contributed by atoms with Gasteiger partial charge in [0.25, 0.3) is 0 Å². The van der Waals surface area contributed by atoms with Crippen LogP contribution in [0.4, 0.5) is 0 Å². The second-order valence-electron chi connectivity index (χ2n) is 17.1. The topological polar surface area (TPSA) is 35.2 Å². The highest BCUT2D eigenvalue weighted by molar-refractivity contribution is 5.80. The van der Waals surface area contributed by atoms with Crippen LogP contribution in [0.3, 0.4) is 0 Å². The highest BCUT2D eigenvalue weighted by Crippen LogP contribution is 2.42. The Labute approximate surface area is 330 Å². The molecular weight excluding hydrogens is 655 g/mol. The predicted octanol–water partition coefficient (Wildman–Crippen LogP) is 15.6. The van der Waals surface area contributed by atoms with Gasteiger partial charge in [0, 0.05) is 11.3 Å². The molecule has 3 aromatic carbocycles. The molecule has 0 aliphatic heterocycles. The fourth-order valence-electron chi connectivity index (χ4n) is 8.78. The van der Waals surface area contributed by atoms with Crippen LogP contribution >= 0.6 is 0 Å². The summed E-state index contributed by atoms with van der Waals surface area (Å²) in [5.41, 5.74) is 16.3. The number of benzene rings is 3. The molecule has 290 valence electrons. The van der Waals surface area contributed by atoms with Gasteiger partial charge in [-0.2, -0.15) is 0 Å². The van der Waals surface area contributed by atoms with Gasteiger partial charge in [0.15, 0.2) is 0 Å². The van der Waals surface area contributed by atoms with Crippen molar-refractivity contribution in [2.75, 3.05) is 0 Å². The standard InChI is InChI=1S/C52H71NO/c1-8-12-14-19-40(11-4)32-41-22-24-43(25-23-41)45-33-46(44-28-30-52(7,31-29-44)37-42(17-10-3)20-15-13-9-2)35-48(34-45)54-47-26-27-49-39(6)38(5)18-16-21-51(53)50(49)36-47/h16,18,21-30,33-36,38-40,42H,8-15,17,19-20,31-32,37,53H2,1-7H3/b18-16-,51-21-. The molecule has 2 nitrogen and oxygen atoms in total. The molecule has 0 heterocycles. The lowest BCUT2D eigenvalue weighted by Gasteiger charge is -2.32. The molecule has 2 aliphatic carbocycles. The summed E-state index contributed by atoms with van der Waals surface area (Å²) in [4.78, 5) is 0. The maximum atomic E-state index is 6.77. The first-order valence-electron chi connectivity index (χ1n) is 21.7. The van der Waals surface area contributed by atoms with Crippen LogP contribution in [0.1, 0.15) is 160 Å². The van der Waals surface area contributed by atoms with E-state index in [0.717, 1.165) is 47.4 Å². The first-order chi connectivity index (χ1) is 26.1. The molecule has 0 radical (unpaired) electrons. The average molecular weight is 726 g/mol. The quantitative estimate of drug-likeness (QED) is 0.125. The lowest BCUT2D eigenvalue weighted by atomic mass is 9.72. The van der Waals surface area contributed by atoms with E-state index in [0.29, 0.717) is 11.8 Å². The van der Waals surface area contributed by atoms with Crippen LogP contribution < -0.4 is 10.5 Å². The van der Waals surface area contributed by atoms with Crippen molar-refractivity contribution in [3.05, 3.63) is 119 Å². The summed E-state index contributed by atoms with van der Waals surface area (Å²) < 4.78 is 6.77. The van der Waals surface area contributed by atoms with Crippen molar-refractivity contribution < 1.29 is 4.74 Å². The first kappa shape index (κ1) is 41.4. The summed E-state index contributed by atoms with van der Waals surface area (Å²) in [6.45, 7) is 16.3. The lowest BCUT2D eigenvalue weighted by Crippen LogP contribution is -2.20. The van der Waals surface area contributed by atoms with Gasteiger partial charge in [-0.3, -0.25) is 0 Å². The summed E-state index contributed by atoms with van der Waals surface area (Å²) >= 11 is 0. The van der Waals surface area contributed by atoms with Gasteiger partial charge in [0.2, 0.25) is 0 Å². The predicted molar refractivity (Wildman–Crippen MR) is 236 cm³/mol. The molecule has 5 atom stereocenters. The van der Waals surface area contributed by atoms with E-state index in [1.54, 1.807) is 0 Å². The minimum absolute atomic E-state index is 0.202. The average Bonchev–Trinajstić information content (AvgIpc) is 3.17. The molecule has 0 saturated heterocycles. The van der Waals surface area contributed by atoms with Crippen molar-refractivity contribution in [2.24, 2.45) is 28.9 Å². The fraction of sp³-hybridized carbons (Fsp3) is 0.500. The number of fused-ring (bicyclic) bond motifs is 1. The minimum Gasteiger partial charge on any atom is -0.457 e. The van der Waals surface area contributed by atoms with E-state index in [2.05, 4.69) is 140 Å². The number of nitrogens with two attached hydrogens (primary N) is 1. The van der Waals surface area contributed by atoms with Crippen LogP contribution in [-0.4, -0.2) is 0 Å². The summed E-state index contributed by atoms with van der Waals surface area (Å²) in [6.07, 6.45) is 31.7. The van der Waals surface area contributed by atoms with Crippen LogP contribution in [0.2, 0.25) is 0 Å². The Hall–Kier alpha value is -3.78. The van der Waals surface area contributed by atoms with Gasteiger partial charge in [-0.15, -0.1) is 0 Å². The second kappa shape index (κ2) is 20.2. The molecule has 2 aliphatic rings. The number of hydrogen-bond acceptors (Lipinski definition) is 2. The van der Waals surface area contributed by atoms with Crippen LogP contribution in [0.15, 0.2) is 97.1 Å². The number of rotatable bonds is 19. The molecule has 3 aromatic rings. The van der Waals surface area contributed by atoms with E-state index in [1.807, 2.05) is 6.08 Å². The number of unbranched alkanes of at least 4 members (excludes halogenated alkanes) is 4. The third-order valence-electron chi connectivity index (χ3n) is 12.5. The number of hydrogen-bond donors (Lipinski definition) is 1. The van der Waals surface area contributed by atoms with Crippen LogP contribution in [0, 0.1) is 23.2 Å². The first-order valence-corrected chi connectivity index (χ1v) is 21.7. The number of allylic oxidation sites excluding steroid dienone is 7. The highest BCUT2D eigenvalue weighted by atomic mass is 16.5. The molecule has 0 aromatic heterocycles. The minimum atomic E-state index is 0.202.